The van der Waals surface area contributed by atoms with E-state index in [1.807, 2.05) is 0 Å². The van der Waals surface area contributed by atoms with Crippen LogP contribution in [0.1, 0.15) is 24.4 Å². The van der Waals surface area contributed by atoms with E-state index in [9.17, 15) is 22.4 Å². The second kappa shape index (κ2) is 6.43. The van der Waals surface area contributed by atoms with E-state index < -0.39 is 36.3 Å². The molecule has 0 aromatic heterocycles. The maximum absolute atomic E-state index is 12.9. The van der Waals surface area contributed by atoms with Gasteiger partial charge in [0.2, 0.25) is 5.91 Å². The monoisotopic (exact) mass is 305 g/mol. The van der Waals surface area contributed by atoms with Crippen molar-refractivity contribution in [1.29, 1.82) is 0 Å². The molecule has 0 unspecified atom stereocenters. The van der Waals surface area contributed by atoms with Gasteiger partial charge in [-0.3, -0.25) is 4.79 Å². The number of benzene rings is 1. The fourth-order valence-corrected chi connectivity index (χ4v) is 2.21. The van der Waals surface area contributed by atoms with Crippen molar-refractivity contribution >= 4 is 5.91 Å². The predicted molar refractivity (Wildman–Crippen MR) is 66.9 cm³/mol. The molecule has 3 nitrogen and oxygen atoms in total. The van der Waals surface area contributed by atoms with Gasteiger partial charge in [0.15, 0.2) is 0 Å². The molecule has 1 aliphatic rings. The Bertz CT molecular complexity index is 481. The third kappa shape index (κ3) is 4.70. The van der Waals surface area contributed by atoms with Crippen LogP contribution in [0.2, 0.25) is 0 Å². The molecule has 2 rings (SSSR count). The Morgan fingerprint density at radius 2 is 2.00 bits per heavy atom. The highest BCUT2D eigenvalue weighted by molar-refractivity contribution is 5.79. The van der Waals surface area contributed by atoms with Crippen LogP contribution in [-0.2, 0) is 9.53 Å². The normalized spacial score (nSPS) is 20.3. The average molecular weight is 305 g/mol. The smallest absolute Gasteiger partial charge is 0.381 e. The lowest BCUT2D eigenvalue weighted by Crippen LogP contribution is -2.36. The van der Waals surface area contributed by atoms with Crippen molar-refractivity contribution in [2.75, 3.05) is 13.2 Å². The number of amides is 1. The van der Waals surface area contributed by atoms with Crippen molar-refractivity contribution < 1.29 is 27.1 Å². The summed E-state index contributed by atoms with van der Waals surface area (Å²) >= 11 is 0. The molecular weight excluding hydrogens is 290 g/mol. The third-order valence-electron chi connectivity index (χ3n) is 3.32. The molecule has 0 aliphatic carbocycles. The number of hydrogen-bond donors (Lipinski definition) is 1. The van der Waals surface area contributed by atoms with Crippen molar-refractivity contribution in [1.82, 2.24) is 5.32 Å². The SMILES string of the molecule is O=C(N[C@H](CC(F)(F)F)c1ccc(F)cc1)[C@H]1CCOC1. The Kier molecular flexibility index (Phi) is 4.82. The van der Waals surface area contributed by atoms with E-state index in [4.69, 9.17) is 4.74 Å². The lowest BCUT2D eigenvalue weighted by molar-refractivity contribution is -0.143. The van der Waals surface area contributed by atoms with E-state index in [0.717, 1.165) is 12.1 Å². The molecule has 0 radical (unpaired) electrons. The van der Waals surface area contributed by atoms with Gasteiger partial charge in [0.25, 0.3) is 0 Å². The highest BCUT2D eigenvalue weighted by Gasteiger charge is 2.35. The Hall–Kier alpha value is -1.63. The molecular formula is C14H15F4NO2. The van der Waals surface area contributed by atoms with Crippen LogP contribution in [0.3, 0.4) is 0 Å². The Balaban J connectivity index is 2.11. The topological polar surface area (TPSA) is 38.3 Å². The van der Waals surface area contributed by atoms with Gasteiger partial charge in [0.1, 0.15) is 5.82 Å². The van der Waals surface area contributed by atoms with Crippen LogP contribution in [0.4, 0.5) is 17.6 Å². The van der Waals surface area contributed by atoms with Crippen LogP contribution in [0.15, 0.2) is 24.3 Å². The summed E-state index contributed by atoms with van der Waals surface area (Å²) in [4.78, 5) is 11.9. The molecule has 0 saturated carbocycles. The Morgan fingerprint density at radius 1 is 1.33 bits per heavy atom. The molecule has 1 aromatic carbocycles. The molecule has 116 valence electrons. The Labute approximate surface area is 119 Å². The first-order valence-corrected chi connectivity index (χ1v) is 6.55. The summed E-state index contributed by atoms with van der Waals surface area (Å²) in [6.07, 6.45) is -5.13. The van der Waals surface area contributed by atoms with Gasteiger partial charge in [-0.25, -0.2) is 4.39 Å². The third-order valence-corrected chi connectivity index (χ3v) is 3.32. The van der Waals surface area contributed by atoms with E-state index in [1.165, 1.54) is 12.1 Å². The Morgan fingerprint density at radius 3 is 2.52 bits per heavy atom. The van der Waals surface area contributed by atoms with Crippen molar-refractivity contribution in [3.63, 3.8) is 0 Å². The van der Waals surface area contributed by atoms with E-state index in [-0.39, 0.29) is 12.2 Å². The van der Waals surface area contributed by atoms with Crippen molar-refractivity contribution in [3.05, 3.63) is 35.6 Å². The molecule has 21 heavy (non-hydrogen) atoms. The molecule has 7 heteroatoms. The zero-order valence-electron chi connectivity index (χ0n) is 11.1. The van der Waals surface area contributed by atoms with Crippen molar-refractivity contribution in [3.8, 4) is 0 Å². The highest BCUT2D eigenvalue weighted by atomic mass is 19.4. The molecule has 1 aliphatic heterocycles. The standard InChI is InChI=1S/C14H15F4NO2/c15-11-3-1-9(2-4-11)12(7-14(16,17)18)19-13(20)10-5-6-21-8-10/h1-4,10,12H,5-8H2,(H,19,20)/t10-,12+/m0/s1. The molecule has 1 aromatic rings. The van der Waals surface area contributed by atoms with Crippen molar-refractivity contribution in [2.24, 2.45) is 5.92 Å². The number of carbonyl (C=O) groups is 1. The van der Waals surface area contributed by atoms with Crippen LogP contribution < -0.4 is 5.32 Å². The van der Waals surface area contributed by atoms with Gasteiger partial charge in [-0.15, -0.1) is 0 Å². The number of nitrogens with one attached hydrogen (secondary N) is 1. The second-order valence-corrected chi connectivity index (χ2v) is 4.99. The van der Waals surface area contributed by atoms with E-state index in [1.54, 1.807) is 0 Å². The molecule has 0 bridgehead atoms. The zero-order valence-corrected chi connectivity index (χ0v) is 11.1. The quantitative estimate of drug-likeness (QED) is 0.869. The van der Waals surface area contributed by atoms with Crippen molar-refractivity contribution in [2.45, 2.75) is 25.1 Å². The first-order chi connectivity index (χ1) is 9.85. The maximum Gasteiger partial charge on any atom is 0.391 e. The van der Waals surface area contributed by atoms with Crippen LogP contribution in [0, 0.1) is 11.7 Å². The number of rotatable bonds is 4. The van der Waals surface area contributed by atoms with Gasteiger partial charge in [-0.1, -0.05) is 12.1 Å². The van der Waals surface area contributed by atoms with E-state index >= 15 is 0 Å². The van der Waals surface area contributed by atoms with Gasteiger partial charge in [0, 0.05) is 6.61 Å². The highest BCUT2D eigenvalue weighted by Crippen LogP contribution is 2.30. The number of ether oxygens (including phenoxy) is 1. The fraction of sp³-hybridized carbons (Fsp3) is 0.500. The van der Waals surface area contributed by atoms with E-state index in [0.29, 0.717) is 13.0 Å². The van der Waals surface area contributed by atoms with Gasteiger partial charge >= 0.3 is 6.18 Å². The van der Waals surface area contributed by atoms with Crippen LogP contribution in [-0.4, -0.2) is 25.3 Å². The van der Waals surface area contributed by atoms with Gasteiger partial charge in [0.05, 0.1) is 25.0 Å². The lowest BCUT2D eigenvalue weighted by atomic mass is 10.0. The fourth-order valence-electron chi connectivity index (χ4n) is 2.21. The maximum atomic E-state index is 12.9. The minimum absolute atomic E-state index is 0.216. The average Bonchev–Trinajstić information content (AvgIpc) is 2.91. The first-order valence-electron chi connectivity index (χ1n) is 6.55. The summed E-state index contributed by atoms with van der Waals surface area (Å²) in [5.74, 6) is -1.44. The molecule has 1 heterocycles. The van der Waals surface area contributed by atoms with Crippen LogP contribution in [0.25, 0.3) is 0 Å². The van der Waals surface area contributed by atoms with Crippen LogP contribution >= 0.6 is 0 Å². The molecule has 1 fully saturated rings. The molecule has 2 atom stereocenters. The summed E-state index contributed by atoms with van der Waals surface area (Å²) in [5, 5.41) is 2.39. The van der Waals surface area contributed by atoms with Gasteiger partial charge in [-0.2, -0.15) is 13.2 Å². The summed E-state index contributed by atoms with van der Waals surface area (Å²) in [7, 11) is 0. The van der Waals surface area contributed by atoms with Gasteiger partial charge in [-0.05, 0) is 24.1 Å². The number of carbonyl (C=O) groups excluding carboxylic acids is 1. The molecule has 0 spiro atoms. The van der Waals surface area contributed by atoms with E-state index in [2.05, 4.69) is 5.32 Å². The first kappa shape index (κ1) is 15.8. The summed E-state index contributed by atoms with van der Waals surface area (Å²) in [6.45, 7) is 0.645. The number of halogens is 4. The summed E-state index contributed by atoms with van der Waals surface area (Å²) in [6, 6.07) is 3.42. The zero-order chi connectivity index (χ0) is 15.5. The molecule has 1 N–H and O–H groups in total. The van der Waals surface area contributed by atoms with Gasteiger partial charge < -0.3 is 10.1 Å². The largest absolute Gasteiger partial charge is 0.391 e. The number of alkyl halides is 3. The second-order valence-electron chi connectivity index (χ2n) is 4.99. The minimum atomic E-state index is -4.43. The molecule has 1 saturated heterocycles. The lowest BCUT2D eigenvalue weighted by Gasteiger charge is -2.22. The van der Waals surface area contributed by atoms with Crippen LogP contribution in [0.5, 0.6) is 0 Å². The predicted octanol–water partition coefficient (Wildman–Crippen LogP) is 2.97. The molecule has 1 amide bonds. The summed E-state index contributed by atoms with van der Waals surface area (Å²) in [5.41, 5.74) is 0.223. The minimum Gasteiger partial charge on any atom is -0.381 e. The number of hydrogen-bond acceptors (Lipinski definition) is 2. The summed E-state index contributed by atoms with van der Waals surface area (Å²) < 4.78 is 55.9.